The minimum atomic E-state index is -1.04. The molecule has 12 heteroatoms. The number of fused-ring (bicyclic) bond motifs is 1. The number of likely N-dealkylation sites (tertiary alicyclic amines) is 1. The number of benzene rings is 2. The quantitative estimate of drug-likeness (QED) is 0.272. The van der Waals surface area contributed by atoms with Crippen LogP contribution in [-0.4, -0.2) is 66.8 Å². The molecule has 0 radical (unpaired) electrons. The van der Waals surface area contributed by atoms with Crippen molar-refractivity contribution in [1.29, 1.82) is 0 Å². The number of methoxy groups -OCH3 is 1. The van der Waals surface area contributed by atoms with E-state index in [1.807, 2.05) is 63.2 Å². The van der Waals surface area contributed by atoms with E-state index in [0.29, 0.717) is 61.9 Å². The summed E-state index contributed by atoms with van der Waals surface area (Å²) in [6, 6.07) is 13.6. The van der Waals surface area contributed by atoms with Gasteiger partial charge in [0.15, 0.2) is 5.52 Å². The molecule has 1 amide bonds. The number of ether oxygens (including phenoxy) is 2. The van der Waals surface area contributed by atoms with Gasteiger partial charge in [0.1, 0.15) is 11.1 Å². The number of carbonyl (C=O) groups excluding carboxylic acids is 1. The molecule has 0 unspecified atom stereocenters. The number of carbonyl (C=O) groups is 1. The lowest BCUT2D eigenvalue weighted by atomic mass is 9.91. The first-order valence-corrected chi connectivity index (χ1v) is 15.4. The highest BCUT2D eigenvalue weighted by Crippen LogP contribution is 2.29. The van der Waals surface area contributed by atoms with Crippen molar-refractivity contribution in [3.8, 4) is 11.3 Å². The molecule has 11 nitrogen and oxygen atoms in total. The van der Waals surface area contributed by atoms with E-state index in [2.05, 4.69) is 20.3 Å². The maximum Gasteiger partial charge on any atom is 0.407 e. The van der Waals surface area contributed by atoms with E-state index >= 15 is 0 Å². The summed E-state index contributed by atoms with van der Waals surface area (Å²) in [4.78, 5) is 32.4. The number of nitrogens with one attached hydrogen (secondary N) is 1. The van der Waals surface area contributed by atoms with E-state index in [0.717, 1.165) is 22.3 Å². The van der Waals surface area contributed by atoms with E-state index in [1.54, 1.807) is 18.8 Å². The summed E-state index contributed by atoms with van der Waals surface area (Å²) >= 11 is 6.51. The van der Waals surface area contributed by atoms with Crippen molar-refractivity contribution in [3.05, 3.63) is 80.9 Å². The van der Waals surface area contributed by atoms with Crippen LogP contribution in [-0.2, 0) is 42.8 Å². The van der Waals surface area contributed by atoms with Crippen molar-refractivity contribution >= 4 is 28.7 Å². The number of hydrogen-bond acceptors (Lipinski definition) is 8. The maximum atomic E-state index is 13.5. The van der Waals surface area contributed by atoms with Crippen LogP contribution in [0.4, 0.5) is 4.79 Å². The van der Waals surface area contributed by atoms with Gasteiger partial charge in [-0.05, 0) is 56.4 Å². The molecular weight excluding hydrogens is 596 g/mol. The Hall–Kier alpha value is -3.77. The van der Waals surface area contributed by atoms with Gasteiger partial charge < -0.3 is 19.9 Å². The highest BCUT2D eigenvalue weighted by atomic mass is 35.5. The van der Waals surface area contributed by atoms with Crippen LogP contribution in [0.5, 0.6) is 0 Å². The highest BCUT2D eigenvalue weighted by Gasteiger charge is 2.33. The number of alkyl carbamates (subject to hydrolysis) is 1. The summed E-state index contributed by atoms with van der Waals surface area (Å²) in [5, 5.41) is 19.4. The van der Waals surface area contributed by atoms with Crippen LogP contribution in [0.15, 0.2) is 53.6 Å². The summed E-state index contributed by atoms with van der Waals surface area (Å²) < 4.78 is 13.6. The molecule has 45 heavy (non-hydrogen) atoms. The van der Waals surface area contributed by atoms with Gasteiger partial charge in [0.05, 0.1) is 30.8 Å². The molecule has 1 fully saturated rings. The first-order valence-electron chi connectivity index (χ1n) is 15.0. The van der Waals surface area contributed by atoms with Crippen LogP contribution >= 0.6 is 11.6 Å². The minimum Gasteiger partial charge on any atom is -0.444 e. The first kappa shape index (κ1) is 32.6. The summed E-state index contributed by atoms with van der Waals surface area (Å²) in [6.07, 6.45) is 2.05. The molecule has 1 aliphatic heterocycles. The zero-order chi connectivity index (χ0) is 32.4. The maximum absolute atomic E-state index is 13.5. The van der Waals surface area contributed by atoms with Crippen molar-refractivity contribution < 1.29 is 19.4 Å². The number of piperidine rings is 1. The number of rotatable bonds is 9. The molecule has 0 aliphatic carbocycles. The van der Waals surface area contributed by atoms with Gasteiger partial charge in [-0.15, -0.1) is 0 Å². The summed E-state index contributed by atoms with van der Waals surface area (Å²) in [7, 11) is 3.43. The Balaban J connectivity index is 1.24. The molecule has 5 rings (SSSR count). The lowest BCUT2D eigenvalue weighted by molar-refractivity contribution is -0.0364. The van der Waals surface area contributed by atoms with Crippen LogP contribution < -0.4 is 10.9 Å². The molecule has 2 N–H and O–H groups in total. The Morgan fingerprint density at radius 2 is 1.78 bits per heavy atom. The van der Waals surface area contributed by atoms with Crippen LogP contribution in [0.1, 0.15) is 50.3 Å². The fourth-order valence-electron chi connectivity index (χ4n) is 5.62. The van der Waals surface area contributed by atoms with E-state index in [9.17, 15) is 14.7 Å². The second-order valence-corrected chi connectivity index (χ2v) is 13.2. The third-order valence-corrected chi connectivity index (χ3v) is 8.30. The van der Waals surface area contributed by atoms with Crippen LogP contribution in [0.25, 0.3) is 22.3 Å². The molecule has 3 heterocycles. The second kappa shape index (κ2) is 13.3. The van der Waals surface area contributed by atoms with Crippen molar-refractivity contribution in [1.82, 2.24) is 29.5 Å². The number of amides is 1. The van der Waals surface area contributed by atoms with Crippen molar-refractivity contribution in [2.45, 2.75) is 71.1 Å². The minimum absolute atomic E-state index is 0.139. The molecule has 0 saturated carbocycles. The van der Waals surface area contributed by atoms with E-state index in [-0.39, 0.29) is 17.6 Å². The van der Waals surface area contributed by atoms with Crippen molar-refractivity contribution in [2.75, 3.05) is 20.2 Å². The number of aliphatic hydroxyl groups is 1. The summed E-state index contributed by atoms with van der Waals surface area (Å²) in [5.41, 5.74) is 3.35. The Labute approximate surface area is 267 Å². The third kappa shape index (κ3) is 7.91. The lowest BCUT2D eigenvalue weighted by Crippen LogP contribution is -2.47. The Morgan fingerprint density at radius 3 is 2.42 bits per heavy atom. The third-order valence-electron chi connectivity index (χ3n) is 7.95. The zero-order valence-electron chi connectivity index (χ0n) is 26.5. The predicted molar refractivity (Wildman–Crippen MR) is 173 cm³/mol. The molecule has 240 valence electrons. The topological polar surface area (TPSA) is 124 Å². The average Bonchev–Trinajstić information content (AvgIpc) is 3.32. The molecule has 2 aromatic heterocycles. The van der Waals surface area contributed by atoms with E-state index < -0.39 is 17.3 Å². The molecule has 0 atom stereocenters. The van der Waals surface area contributed by atoms with Crippen LogP contribution in [0.2, 0.25) is 5.02 Å². The number of hydrogen-bond donors (Lipinski definition) is 2. The Bertz CT molecular complexity index is 1720. The summed E-state index contributed by atoms with van der Waals surface area (Å²) in [5.74, 6) is 0. The predicted octanol–water partition coefficient (Wildman–Crippen LogP) is 4.65. The highest BCUT2D eigenvalue weighted by molar-refractivity contribution is 6.31. The number of nitrogens with zero attached hydrogens (tertiary/aromatic N) is 5. The summed E-state index contributed by atoms with van der Waals surface area (Å²) in [6.45, 7) is 8.46. The van der Waals surface area contributed by atoms with Crippen LogP contribution in [0.3, 0.4) is 0 Å². The molecule has 2 aromatic carbocycles. The van der Waals surface area contributed by atoms with Gasteiger partial charge in [-0.3, -0.25) is 18.9 Å². The van der Waals surface area contributed by atoms with Gasteiger partial charge in [0, 0.05) is 50.9 Å². The monoisotopic (exact) mass is 636 g/mol. The lowest BCUT2D eigenvalue weighted by Gasteiger charge is -2.38. The molecule has 4 aromatic rings. The fourth-order valence-corrected chi connectivity index (χ4v) is 5.88. The van der Waals surface area contributed by atoms with Crippen molar-refractivity contribution in [3.63, 3.8) is 0 Å². The zero-order valence-corrected chi connectivity index (χ0v) is 27.2. The normalized spacial score (nSPS) is 15.4. The van der Waals surface area contributed by atoms with E-state index in [4.69, 9.17) is 21.1 Å². The van der Waals surface area contributed by atoms with Gasteiger partial charge in [0.2, 0.25) is 0 Å². The van der Waals surface area contributed by atoms with Gasteiger partial charge in [-0.25, -0.2) is 9.78 Å². The Kier molecular flexibility index (Phi) is 9.64. The van der Waals surface area contributed by atoms with E-state index in [1.165, 1.54) is 10.9 Å². The molecule has 1 saturated heterocycles. The first-order chi connectivity index (χ1) is 21.3. The van der Waals surface area contributed by atoms with Gasteiger partial charge in [-0.2, -0.15) is 5.10 Å². The standard InChI is InChI=1S/C33H41ClN6O5/c1-32(2,3)45-31(42)35-17-22-6-9-24(10-7-22)29-27-28(37-38(29)4)30(41)40(21-36-27)20-33(43)12-14-39(15-13-33)18-25-11-8-23(19-44-5)16-26(25)34/h6-11,16,21,43H,12-15,17-20H2,1-5H3,(H,35,42). The van der Waals surface area contributed by atoms with Gasteiger partial charge >= 0.3 is 6.09 Å². The molecule has 0 spiro atoms. The Morgan fingerprint density at radius 1 is 1.09 bits per heavy atom. The molecular formula is C33H41ClN6O5. The van der Waals surface area contributed by atoms with Gasteiger partial charge in [0.25, 0.3) is 5.56 Å². The number of halogens is 1. The van der Waals surface area contributed by atoms with Crippen molar-refractivity contribution in [2.24, 2.45) is 7.05 Å². The number of aryl methyl sites for hydroxylation is 1. The van der Waals surface area contributed by atoms with Crippen LogP contribution in [0, 0.1) is 0 Å². The average molecular weight is 637 g/mol. The number of aromatic nitrogens is 4. The second-order valence-electron chi connectivity index (χ2n) is 12.8. The van der Waals surface area contributed by atoms with Gasteiger partial charge in [-0.1, -0.05) is 48.0 Å². The smallest absolute Gasteiger partial charge is 0.407 e. The SMILES string of the molecule is COCc1ccc(CN2CCC(O)(Cn3cnc4c(-c5ccc(CNC(=O)OC(C)(C)C)cc5)n(C)nc4c3=O)CC2)c(Cl)c1. The largest absolute Gasteiger partial charge is 0.444 e. The molecule has 0 bridgehead atoms. The molecule has 1 aliphatic rings. The fraction of sp³-hybridized carbons (Fsp3) is 0.455.